The van der Waals surface area contributed by atoms with Crippen molar-refractivity contribution in [2.75, 3.05) is 51.3 Å². The van der Waals surface area contributed by atoms with E-state index in [1.165, 1.54) is 19.3 Å². The summed E-state index contributed by atoms with van der Waals surface area (Å²) in [7, 11) is 1.56. The third-order valence-corrected chi connectivity index (χ3v) is 6.36. The number of nitrogens with zero attached hydrogens (tertiary/aromatic N) is 3. The average Bonchev–Trinajstić information content (AvgIpc) is 3.23. The normalized spacial score (nSPS) is 23.4. The zero-order valence-corrected chi connectivity index (χ0v) is 17.3. The third kappa shape index (κ3) is 5.08. The highest BCUT2D eigenvalue weighted by molar-refractivity contribution is 5.87. The molecule has 1 amide bonds. The molecule has 0 bridgehead atoms. The number of methoxy groups -OCH3 is 1. The number of ether oxygens (including phenoxy) is 1. The summed E-state index contributed by atoms with van der Waals surface area (Å²) in [5.41, 5.74) is 0.898. The van der Waals surface area contributed by atoms with E-state index in [1.807, 2.05) is 18.3 Å². The van der Waals surface area contributed by atoms with Gasteiger partial charge in [0.1, 0.15) is 6.61 Å². The van der Waals surface area contributed by atoms with Crippen LogP contribution in [0.3, 0.4) is 0 Å². The van der Waals surface area contributed by atoms with Crippen molar-refractivity contribution in [1.82, 2.24) is 15.2 Å². The number of aromatic nitrogens is 1. The van der Waals surface area contributed by atoms with E-state index < -0.39 is 0 Å². The van der Waals surface area contributed by atoms with E-state index in [1.54, 1.807) is 13.4 Å². The van der Waals surface area contributed by atoms with E-state index in [0.29, 0.717) is 6.04 Å². The number of carbonyl (C=O) groups is 1. The zero-order valence-electron chi connectivity index (χ0n) is 17.3. The molecule has 1 aliphatic carbocycles. The van der Waals surface area contributed by atoms with Gasteiger partial charge in [0.2, 0.25) is 5.91 Å². The molecule has 2 fully saturated rings. The maximum atomic E-state index is 11.7. The molecule has 29 heavy (non-hydrogen) atoms. The Hall–Kier alpha value is -2.12. The van der Waals surface area contributed by atoms with Crippen molar-refractivity contribution >= 4 is 22.7 Å². The molecular weight excluding hydrogens is 368 g/mol. The Morgan fingerprint density at radius 3 is 2.76 bits per heavy atom. The number of furan rings is 1. The van der Waals surface area contributed by atoms with Crippen LogP contribution in [-0.2, 0) is 9.53 Å². The molecule has 1 N–H and O–H groups in total. The van der Waals surface area contributed by atoms with E-state index in [2.05, 4.69) is 20.1 Å². The maximum Gasteiger partial charge on any atom is 0.246 e. The van der Waals surface area contributed by atoms with Crippen LogP contribution < -0.4 is 10.2 Å². The van der Waals surface area contributed by atoms with Gasteiger partial charge in [-0.15, -0.1) is 0 Å². The molecule has 3 heterocycles. The zero-order chi connectivity index (χ0) is 20.1. The molecule has 2 aromatic rings. The second-order valence-electron chi connectivity index (χ2n) is 8.31. The highest BCUT2D eigenvalue weighted by Gasteiger charge is 2.24. The fourth-order valence-electron chi connectivity index (χ4n) is 4.65. The number of fused-ring (bicyclic) bond motifs is 1. The summed E-state index contributed by atoms with van der Waals surface area (Å²) in [6, 6.07) is 4.32. The second-order valence-corrected chi connectivity index (χ2v) is 8.31. The van der Waals surface area contributed by atoms with Crippen molar-refractivity contribution in [3.63, 3.8) is 0 Å². The Balaban J connectivity index is 1.17. The van der Waals surface area contributed by atoms with Crippen LogP contribution in [0.5, 0.6) is 0 Å². The summed E-state index contributed by atoms with van der Waals surface area (Å²) in [5, 5.41) is 4.20. The highest BCUT2D eigenvalue weighted by Crippen LogP contribution is 2.28. The van der Waals surface area contributed by atoms with Crippen molar-refractivity contribution < 1.29 is 13.9 Å². The Kier molecular flexibility index (Phi) is 6.67. The van der Waals surface area contributed by atoms with Crippen LogP contribution in [0.2, 0.25) is 0 Å². The van der Waals surface area contributed by atoms with Crippen LogP contribution in [0.1, 0.15) is 32.1 Å². The molecule has 1 saturated carbocycles. The lowest BCUT2D eigenvalue weighted by atomic mass is 9.84. The molecule has 0 radical (unpaired) electrons. The molecule has 1 aliphatic heterocycles. The summed E-state index contributed by atoms with van der Waals surface area (Å²) in [6.07, 6.45) is 9.46. The molecule has 2 aromatic heterocycles. The first kappa shape index (κ1) is 20.2. The van der Waals surface area contributed by atoms with Crippen LogP contribution in [-0.4, -0.2) is 68.3 Å². The summed E-state index contributed by atoms with van der Waals surface area (Å²) in [5.74, 6) is 1.76. The standard InChI is InChI=1S/C22H32N4O3/c1-28-16-20(27)24-19-4-2-17(3-5-19)7-10-25-11-13-26(14-12-25)22-21-18(6-9-23-22)8-15-29-21/h6,8-9,15,17,19H,2-5,7,10-14,16H2,1H3,(H,24,27)/t17-,19-. The van der Waals surface area contributed by atoms with E-state index >= 15 is 0 Å². The Bertz CT molecular complexity index is 792. The van der Waals surface area contributed by atoms with Crippen molar-refractivity contribution in [2.45, 2.75) is 38.1 Å². The third-order valence-electron chi connectivity index (χ3n) is 6.36. The lowest BCUT2D eigenvalue weighted by Crippen LogP contribution is -2.47. The van der Waals surface area contributed by atoms with Gasteiger partial charge in [0, 0.05) is 50.9 Å². The number of pyridine rings is 1. The fourth-order valence-corrected chi connectivity index (χ4v) is 4.65. The molecule has 1 saturated heterocycles. The van der Waals surface area contributed by atoms with E-state index in [9.17, 15) is 4.79 Å². The van der Waals surface area contributed by atoms with Gasteiger partial charge in [-0.25, -0.2) is 4.98 Å². The summed E-state index contributed by atoms with van der Waals surface area (Å²) < 4.78 is 10.5. The number of hydrogen-bond donors (Lipinski definition) is 1. The van der Waals surface area contributed by atoms with Crippen LogP contribution in [0, 0.1) is 5.92 Å². The average molecular weight is 401 g/mol. The first-order chi connectivity index (χ1) is 14.2. The molecule has 0 unspecified atom stereocenters. The molecule has 7 nitrogen and oxygen atoms in total. The molecular formula is C22H32N4O3. The number of hydrogen-bond acceptors (Lipinski definition) is 6. The number of piperazine rings is 1. The number of nitrogens with one attached hydrogen (secondary N) is 1. The largest absolute Gasteiger partial charge is 0.460 e. The predicted molar refractivity (Wildman–Crippen MR) is 113 cm³/mol. The van der Waals surface area contributed by atoms with Crippen molar-refractivity contribution in [1.29, 1.82) is 0 Å². The summed E-state index contributed by atoms with van der Waals surface area (Å²) in [6.45, 7) is 5.45. The summed E-state index contributed by atoms with van der Waals surface area (Å²) >= 11 is 0. The Morgan fingerprint density at radius 1 is 1.21 bits per heavy atom. The monoisotopic (exact) mass is 400 g/mol. The first-order valence-corrected chi connectivity index (χ1v) is 10.8. The predicted octanol–water partition coefficient (Wildman–Crippen LogP) is 2.66. The van der Waals surface area contributed by atoms with Crippen LogP contribution in [0.25, 0.3) is 11.0 Å². The van der Waals surface area contributed by atoms with Gasteiger partial charge < -0.3 is 19.4 Å². The van der Waals surface area contributed by atoms with E-state index in [4.69, 9.17) is 9.15 Å². The Labute approximate surface area is 172 Å². The van der Waals surface area contributed by atoms with Crippen molar-refractivity contribution in [3.05, 3.63) is 24.6 Å². The summed E-state index contributed by atoms with van der Waals surface area (Å²) in [4.78, 5) is 21.1. The van der Waals surface area contributed by atoms with Crippen molar-refractivity contribution in [2.24, 2.45) is 5.92 Å². The van der Waals surface area contributed by atoms with Gasteiger partial charge in [0.05, 0.1) is 6.26 Å². The Morgan fingerprint density at radius 2 is 2.00 bits per heavy atom. The topological polar surface area (TPSA) is 70.8 Å². The quantitative estimate of drug-likeness (QED) is 0.771. The van der Waals surface area contributed by atoms with Crippen LogP contribution in [0.15, 0.2) is 29.0 Å². The minimum Gasteiger partial charge on any atom is -0.460 e. The number of anilines is 1. The van der Waals surface area contributed by atoms with Gasteiger partial charge >= 0.3 is 0 Å². The SMILES string of the molecule is COCC(=O)N[C@H]1CC[C@H](CCN2CCN(c3nccc4ccoc34)CC2)CC1. The minimum atomic E-state index is 0.00792. The molecule has 0 atom stereocenters. The lowest BCUT2D eigenvalue weighted by Gasteiger charge is -2.36. The smallest absolute Gasteiger partial charge is 0.246 e. The van der Waals surface area contributed by atoms with Gasteiger partial charge in [0.25, 0.3) is 0 Å². The maximum absolute atomic E-state index is 11.7. The molecule has 7 heteroatoms. The van der Waals surface area contributed by atoms with Gasteiger partial charge in [0.15, 0.2) is 11.4 Å². The lowest BCUT2D eigenvalue weighted by molar-refractivity contribution is -0.125. The van der Waals surface area contributed by atoms with Crippen molar-refractivity contribution in [3.8, 4) is 0 Å². The number of carbonyl (C=O) groups excluding carboxylic acids is 1. The highest BCUT2D eigenvalue weighted by atomic mass is 16.5. The second kappa shape index (κ2) is 9.59. The van der Waals surface area contributed by atoms with Gasteiger partial charge in [-0.3, -0.25) is 9.69 Å². The van der Waals surface area contributed by atoms with Crippen LogP contribution in [0.4, 0.5) is 5.82 Å². The fraction of sp³-hybridized carbons (Fsp3) is 0.636. The number of rotatable bonds is 7. The molecule has 0 aromatic carbocycles. The molecule has 4 rings (SSSR count). The first-order valence-electron chi connectivity index (χ1n) is 10.8. The van der Waals surface area contributed by atoms with Crippen LogP contribution >= 0.6 is 0 Å². The van der Waals surface area contributed by atoms with E-state index in [-0.39, 0.29) is 12.5 Å². The minimum absolute atomic E-state index is 0.00792. The van der Waals surface area contributed by atoms with Gasteiger partial charge in [-0.2, -0.15) is 0 Å². The molecule has 0 spiro atoms. The van der Waals surface area contributed by atoms with E-state index in [0.717, 1.165) is 68.3 Å². The number of amides is 1. The van der Waals surface area contributed by atoms with Gasteiger partial charge in [-0.05, 0) is 56.7 Å². The van der Waals surface area contributed by atoms with Gasteiger partial charge in [-0.1, -0.05) is 0 Å². The molecule has 2 aliphatic rings. The molecule has 158 valence electrons.